The average Bonchev–Trinajstić information content (AvgIpc) is 2.66. The van der Waals surface area contributed by atoms with Crippen LogP contribution in [0.4, 0.5) is 10.5 Å². The van der Waals surface area contributed by atoms with Crippen LogP contribution >= 0.6 is 11.6 Å². The molecule has 0 spiro atoms. The number of carbonyl (C=O) groups is 2. The molecule has 0 fully saturated rings. The smallest absolute Gasteiger partial charge is 0.319 e. The average molecular weight is 401 g/mol. The number of pyridine rings is 1. The zero-order valence-electron chi connectivity index (χ0n) is 15.1. The molecule has 0 saturated carbocycles. The molecule has 0 atom stereocenters. The number of methoxy groups -OCH3 is 1. The van der Waals surface area contributed by atoms with Gasteiger partial charge in [-0.25, -0.2) is 4.79 Å². The summed E-state index contributed by atoms with van der Waals surface area (Å²) >= 11 is 6.24. The molecule has 0 radical (unpaired) electrons. The fraction of sp³-hybridized carbons (Fsp3) is 0.105. The summed E-state index contributed by atoms with van der Waals surface area (Å²) in [5.41, 5.74) is 11.9. The summed E-state index contributed by atoms with van der Waals surface area (Å²) in [6.45, 7) is 0. The molecule has 8 nitrogen and oxygen atoms in total. The quantitative estimate of drug-likeness (QED) is 0.680. The molecule has 28 heavy (non-hydrogen) atoms. The molecule has 0 unspecified atom stereocenters. The predicted molar refractivity (Wildman–Crippen MR) is 106 cm³/mol. The van der Waals surface area contributed by atoms with E-state index >= 15 is 0 Å². The summed E-state index contributed by atoms with van der Waals surface area (Å²) in [5, 5.41) is 0.864. The molecule has 4 N–H and O–H groups in total. The molecule has 1 aromatic heterocycles. The summed E-state index contributed by atoms with van der Waals surface area (Å²) in [5.74, 6) is 0.569. The van der Waals surface area contributed by atoms with Crippen molar-refractivity contribution in [3.8, 4) is 17.2 Å². The molecule has 0 saturated heterocycles. The highest BCUT2D eigenvalue weighted by molar-refractivity contribution is 6.33. The maximum atomic E-state index is 11.7. The molecule has 3 amide bonds. The van der Waals surface area contributed by atoms with Crippen molar-refractivity contribution >= 4 is 40.1 Å². The Morgan fingerprint density at radius 3 is 2.46 bits per heavy atom. The predicted octanol–water partition coefficient (Wildman–Crippen LogP) is 3.30. The molecular formula is C19H17ClN4O4. The Labute approximate surface area is 165 Å². The first-order valence-electron chi connectivity index (χ1n) is 8.09. The summed E-state index contributed by atoms with van der Waals surface area (Å²) in [6.07, 6.45) is 1.57. The van der Waals surface area contributed by atoms with Crippen LogP contribution in [0.25, 0.3) is 10.9 Å². The monoisotopic (exact) mass is 400 g/mol. The van der Waals surface area contributed by atoms with Gasteiger partial charge in [-0.15, -0.1) is 0 Å². The normalized spacial score (nSPS) is 10.5. The van der Waals surface area contributed by atoms with Gasteiger partial charge in [0, 0.05) is 30.8 Å². The van der Waals surface area contributed by atoms with Gasteiger partial charge in [-0.3, -0.25) is 14.7 Å². The van der Waals surface area contributed by atoms with E-state index in [2.05, 4.69) is 4.98 Å². The third-order valence-electron chi connectivity index (χ3n) is 4.13. The van der Waals surface area contributed by atoms with Gasteiger partial charge in [-0.05, 0) is 24.3 Å². The van der Waals surface area contributed by atoms with Gasteiger partial charge < -0.3 is 20.9 Å². The molecule has 1 heterocycles. The van der Waals surface area contributed by atoms with Crippen LogP contribution in [-0.4, -0.2) is 31.1 Å². The van der Waals surface area contributed by atoms with Gasteiger partial charge in [0.2, 0.25) is 0 Å². The summed E-state index contributed by atoms with van der Waals surface area (Å²) in [6, 6.07) is 9.01. The highest BCUT2D eigenvalue weighted by Crippen LogP contribution is 2.35. The van der Waals surface area contributed by atoms with Crippen molar-refractivity contribution in [1.29, 1.82) is 0 Å². The van der Waals surface area contributed by atoms with Crippen LogP contribution < -0.4 is 25.8 Å². The number of anilines is 1. The van der Waals surface area contributed by atoms with Gasteiger partial charge in [0.25, 0.3) is 5.91 Å². The van der Waals surface area contributed by atoms with Crippen molar-refractivity contribution in [3.05, 3.63) is 53.2 Å². The maximum Gasteiger partial charge on any atom is 0.319 e. The molecule has 2 aromatic carbocycles. The minimum Gasteiger partial charge on any atom is -0.496 e. The number of primary amides is 2. The highest BCUT2D eigenvalue weighted by Gasteiger charge is 2.15. The molecule has 9 heteroatoms. The molecule has 3 rings (SSSR count). The first kappa shape index (κ1) is 19.2. The number of hydrogen-bond donors (Lipinski definition) is 2. The number of nitrogens with zero attached hydrogens (tertiary/aromatic N) is 2. The third kappa shape index (κ3) is 3.63. The molecule has 3 aromatic rings. The second-order valence-corrected chi connectivity index (χ2v) is 6.26. The van der Waals surface area contributed by atoms with Crippen molar-refractivity contribution in [2.24, 2.45) is 11.5 Å². The largest absolute Gasteiger partial charge is 0.496 e. The van der Waals surface area contributed by atoms with Gasteiger partial charge in [0.15, 0.2) is 0 Å². The van der Waals surface area contributed by atoms with E-state index in [4.69, 9.17) is 32.5 Å². The Morgan fingerprint density at radius 2 is 1.86 bits per heavy atom. The minimum atomic E-state index is -0.636. The Kier molecular flexibility index (Phi) is 5.23. The van der Waals surface area contributed by atoms with E-state index in [9.17, 15) is 9.59 Å². The van der Waals surface area contributed by atoms with Gasteiger partial charge in [-0.2, -0.15) is 0 Å². The lowest BCUT2D eigenvalue weighted by atomic mass is 10.1. The van der Waals surface area contributed by atoms with E-state index < -0.39 is 11.9 Å². The van der Waals surface area contributed by atoms with E-state index in [0.29, 0.717) is 33.8 Å². The van der Waals surface area contributed by atoms with Crippen molar-refractivity contribution in [2.45, 2.75) is 0 Å². The van der Waals surface area contributed by atoms with Crippen molar-refractivity contribution in [1.82, 2.24) is 4.98 Å². The molecule has 0 bridgehead atoms. The number of amides is 3. The van der Waals surface area contributed by atoms with Crippen LogP contribution in [0, 0.1) is 0 Å². The highest BCUT2D eigenvalue weighted by atomic mass is 35.5. The molecule has 144 valence electrons. The van der Waals surface area contributed by atoms with Gasteiger partial charge >= 0.3 is 6.03 Å². The Hall–Kier alpha value is -3.52. The van der Waals surface area contributed by atoms with Crippen LogP contribution in [0.5, 0.6) is 17.2 Å². The fourth-order valence-electron chi connectivity index (χ4n) is 2.67. The first-order chi connectivity index (χ1) is 13.3. The van der Waals surface area contributed by atoms with Gasteiger partial charge in [0.05, 0.1) is 28.9 Å². The molecular weight excluding hydrogens is 384 g/mol. The van der Waals surface area contributed by atoms with Gasteiger partial charge in [-0.1, -0.05) is 11.6 Å². The SMILES string of the molecule is COc1cc2nccc(Oc3ccc(N(C)C(N)=O)c(Cl)c3)c2cc1C(N)=O. The second-order valence-electron chi connectivity index (χ2n) is 5.86. The number of ether oxygens (including phenoxy) is 2. The fourth-order valence-corrected chi connectivity index (χ4v) is 2.96. The lowest BCUT2D eigenvalue weighted by molar-refractivity contribution is 0.0997. The Bertz CT molecular complexity index is 1090. The van der Waals surface area contributed by atoms with E-state index in [1.807, 2.05) is 0 Å². The number of aromatic nitrogens is 1. The molecule has 0 aliphatic carbocycles. The molecule has 0 aliphatic heterocycles. The summed E-state index contributed by atoms with van der Waals surface area (Å²) in [7, 11) is 2.96. The number of rotatable bonds is 5. The zero-order valence-corrected chi connectivity index (χ0v) is 15.9. The van der Waals surface area contributed by atoms with Crippen LogP contribution in [0.1, 0.15) is 10.4 Å². The Morgan fingerprint density at radius 1 is 1.11 bits per heavy atom. The van der Waals surface area contributed by atoms with E-state index in [1.165, 1.54) is 19.1 Å². The van der Waals surface area contributed by atoms with Crippen molar-refractivity contribution in [3.63, 3.8) is 0 Å². The summed E-state index contributed by atoms with van der Waals surface area (Å²) in [4.78, 5) is 28.5. The Balaban J connectivity index is 2.03. The number of urea groups is 1. The third-order valence-corrected chi connectivity index (χ3v) is 4.43. The first-order valence-corrected chi connectivity index (χ1v) is 8.46. The summed E-state index contributed by atoms with van der Waals surface area (Å²) < 4.78 is 11.1. The lowest BCUT2D eigenvalue weighted by Gasteiger charge is -2.17. The standard InChI is InChI=1S/C19H17ClN4O4/c1-24(19(22)26)15-4-3-10(7-13(15)20)28-16-5-6-23-14-9-17(27-2)12(18(21)25)8-11(14)16/h3-9H,1-2H3,(H2,21,25)(H2,22,26). The topological polar surface area (TPSA) is 121 Å². The van der Waals surface area contributed by atoms with Crippen molar-refractivity contribution in [2.75, 3.05) is 19.1 Å². The zero-order chi connectivity index (χ0) is 20.4. The van der Waals surface area contributed by atoms with Crippen LogP contribution in [0.15, 0.2) is 42.6 Å². The van der Waals surface area contributed by atoms with E-state index in [-0.39, 0.29) is 10.6 Å². The van der Waals surface area contributed by atoms with Crippen molar-refractivity contribution < 1.29 is 19.1 Å². The number of nitrogens with two attached hydrogens (primary N) is 2. The van der Waals surface area contributed by atoms with E-state index in [0.717, 1.165) is 0 Å². The van der Waals surface area contributed by atoms with Crippen LogP contribution in [-0.2, 0) is 0 Å². The number of fused-ring (bicyclic) bond motifs is 1. The minimum absolute atomic E-state index is 0.212. The maximum absolute atomic E-state index is 11.7. The van der Waals surface area contributed by atoms with Crippen LogP contribution in [0.3, 0.4) is 0 Å². The number of halogens is 1. The number of carbonyl (C=O) groups excluding carboxylic acids is 2. The number of hydrogen-bond acceptors (Lipinski definition) is 5. The van der Waals surface area contributed by atoms with Crippen LogP contribution in [0.2, 0.25) is 5.02 Å². The van der Waals surface area contributed by atoms with E-state index in [1.54, 1.807) is 42.6 Å². The lowest BCUT2D eigenvalue weighted by Crippen LogP contribution is -2.31. The number of benzene rings is 2. The molecule has 0 aliphatic rings. The second kappa shape index (κ2) is 7.61. The van der Waals surface area contributed by atoms with Gasteiger partial charge in [0.1, 0.15) is 17.2 Å².